The number of nitrogens with zero attached hydrogens (tertiary/aromatic N) is 1. The Labute approximate surface area is 216 Å². The Morgan fingerprint density at radius 3 is 2.31 bits per heavy atom. The highest BCUT2D eigenvalue weighted by atomic mass is 35.5. The Kier molecular flexibility index (Phi) is 7.24. The first-order chi connectivity index (χ1) is 16.4. The number of halogens is 2. The van der Waals surface area contributed by atoms with Gasteiger partial charge in [0.15, 0.2) is 0 Å². The molecule has 0 spiro atoms. The average molecular weight is 538 g/mol. The summed E-state index contributed by atoms with van der Waals surface area (Å²) in [5.41, 5.74) is 0.497. The summed E-state index contributed by atoms with van der Waals surface area (Å²) in [7, 11) is -3.42. The van der Waals surface area contributed by atoms with Gasteiger partial charge in [-0.05, 0) is 60.6 Å². The summed E-state index contributed by atoms with van der Waals surface area (Å²) in [6, 6.07) is 13.5. The van der Waals surface area contributed by atoms with Gasteiger partial charge in [0.05, 0.1) is 23.6 Å². The molecule has 1 amide bonds. The summed E-state index contributed by atoms with van der Waals surface area (Å²) in [6.45, 7) is 1.68. The van der Waals surface area contributed by atoms with Gasteiger partial charge in [-0.1, -0.05) is 54.4 Å². The lowest BCUT2D eigenvalue weighted by atomic mass is 9.67. The normalized spacial score (nSPS) is 25.9. The largest absolute Gasteiger partial charge is 0.481 e. The zero-order valence-corrected chi connectivity index (χ0v) is 22.0. The molecule has 1 heterocycles. The van der Waals surface area contributed by atoms with Gasteiger partial charge in [-0.25, -0.2) is 8.42 Å². The number of amides is 1. The predicted molar refractivity (Wildman–Crippen MR) is 136 cm³/mol. The van der Waals surface area contributed by atoms with E-state index in [0.717, 1.165) is 24.0 Å². The zero-order chi connectivity index (χ0) is 25.5. The highest BCUT2D eigenvalue weighted by Gasteiger charge is 2.54. The fourth-order valence-electron chi connectivity index (χ4n) is 5.48. The van der Waals surface area contributed by atoms with Gasteiger partial charge in [0.1, 0.15) is 9.84 Å². The van der Waals surface area contributed by atoms with Crippen molar-refractivity contribution in [3.8, 4) is 0 Å². The molecule has 1 saturated carbocycles. The van der Waals surface area contributed by atoms with Crippen LogP contribution in [0.15, 0.2) is 48.5 Å². The average Bonchev–Trinajstić information content (AvgIpc) is 3.59. The van der Waals surface area contributed by atoms with Gasteiger partial charge in [-0.2, -0.15) is 0 Å². The lowest BCUT2D eigenvalue weighted by Gasteiger charge is -2.52. The standard InChI is InChI=1S/C26H29Cl2NO5S/c1-26(14-23(30)31)13-21(18-4-3-5-20(28)12-18)24(17-8-10-19(27)11-9-17)29(25(26)32)22(16-6-7-16)15-35(2,33)34/h3-5,8-12,16,21-22,24H,6-7,13-15H2,1-2H3,(H,30,31)/t21-,22-,24-,26+/m1/s1. The van der Waals surface area contributed by atoms with Crippen molar-refractivity contribution >= 4 is 44.9 Å². The summed E-state index contributed by atoms with van der Waals surface area (Å²) in [6.07, 6.45) is 2.78. The maximum atomic E-state index is 14.2. The molecule has 4 rings (SSSR count). The fraction of sp³-hybridized carbons (Fsp3) is 0.462. The van der Waals surface area contributed by atoms with Gasteiger partial charge in [0.25, 0.3) is 0 Å². The number of likely N-dealkylation sites (tertiary alicyclic amines) is 1. The van der Waals surface area contributed by atoms with E-state index in [9.17, 15) is 23.1 Å². The number of hydrogen-bond donors (Lipinski definition) is 1. The van der Waals surface area contributed by atoms with E-state index in [1.54, 1.807) is 30.0 Å². The predicted octanol–water partition coefficient (Wildman–Crippen LogP) is 5.35. The number of aliphatic carboxylic acids is 1. The minimum Gasteiger partial charge on any atom is -0.481 e. The van der Waals surface area contributed by atoms with Crippen LogP contribution in [0.4, 0.5) is 0 Å². The van der Waals surface area contributed by atoms with Crippen molar-refractivity contribution in [3.63, 3.8) is 0 Å². The van der Waals surface area contributed by atoms with E-state index >= 15 is 0 Å². The molecule has 0 radical (unpaired) electrons. The van der Waals surface area contributed by atoms with Crippen LogP contribution in [0, 0.1) is 11.3 Å². The van der Waals surface area contributed by atoms with Crippen LogP contribution in [0.25, 0.3) is 0 Å². The number of carboxylic acids is 1. The van der Waals surface area contributed by atoms with Crippen LogP contribution < -0.4 is 0 Å². The molecule has 188 valence electrons. The van der Waals surface area contributed by atoms with Crippen molar-refractivity contribution in [2.45, 2.75) is 50.6 Å². The Morgan fingerprint density at radius 1 is 1.11 bits per heavy atom. The number of hydrogen-bond acceptors (Lipinski definition) is 4. The van der Waals surface area contributed by atoms with E-state index in [0.29, 0.717) is 16.5 Å². The van der Waals surface area contributed by atoms with Crippen LogP contribution in [-0.2, 0) is 19.4 Å². The van der Waals surface area contributed by atoms with Gasteiger partial charge in [-0.3, -0.25) is 9.59 Å². The smallest absolute Gasteiger partial charge is 0.304 e. The topological polar surface area (TPSA) is 91.8 Å². The molecule has 1 aliphatic heterocycles. The summed E-state index contributed by atoms with van der Waals surface area (Å²) >= 11 is 12.5. The lowest BCUT2D eigenvalue weighted by Crippen LogP contribution is -2.58. The van der Waals surface area contributed by atoms with Crippen LogP contribution in [-0.4, -0.2) is 48.4 Å². The molecule has 1 aliphatic carbocycles. The first-order valence-electron chi connectivity index (χ1n) is 11.6. The number of carboxylic acid groups (broad SMARTS) is 1. The molecule has 2 aliphatic rings. The van der Waals surface area contributed by atoms with E-state index in [4.69, 9.17) is 23.2 Å². The van der Waals surface area contributed by atoms with Crippen LogP contribution in [0.5, 0.6) is 0 Å². The summed E-state index contributed by atoms with van der Waals surface area (Å²) < 4.78 is 25.0. The van der Waals surface area contributed by atoms with Crippen LogP contribution in [0.2, 0.25) is 10.0 Å². The van der Waals surface area contributed by atoms with Gasteiger partial charge in [0, 0.05) is 28.3 Å². The van der Waals surface area contributed by atoms with Crippen LogP contribution >= 0.6 is 23.2 Å². The Balaban J connectivity index is 1.93. The van der Waals surface area contributed by atoms with Crippen molar-refractivity contribution in [1.82, 2.24) is 4.90 Å². The fourth-order valence-corrected chi connectivity index (χ4v) is 6.86. The molecule has 0 bridgehead atoms. The third kappa shape index (κ3) is 5.84. The molecule has 1 saturated heterocycles. The third-order valence-electron chi connectivity index (χ3n) is 7.13. The minimum atomic E-state index is -3.42. The van der Waals surface area contributed by atoms with Crippen molar-refractivity contribution in [2.75, 3.05) is 12.0 Å². The molecule has 2 aromatic carbocycles. The van der Waals surface area contributed by atoms with E-state index in [1.165, 1.54) is 6.26 Å². The molecule has 2 aromatic rings. The van der Waals surface area contributed by atoms with Crippen molar-refractivity contribution in [3.05, 3.63) is 69.7 Å². The molecule has 1 N–H and O–H groups in total. The molecule has 4 atom stereocenters. The zero-order valence-electron chi connectivity index (χ0n) is 19.7. The molecule has 2 fully saturated rings. The highest BCUT2D eigenvalue weighted by Crippen LogP contribution is 2.54. The van der Waals surface area contributed by atoms with Crippen LogP contribution in [0.1, 0.15) is 55.7 Å². The van der Waals surface area contributed by atoms with Crippen molar-refractivity contribution in [1.29, 1.82) is 0 Å². The van der Waals surface area contributed by atoms with E-state index in [-0.39, 0.29) is 29.9 Å². The molecule has 9 heteroatoms. The molecular weight excluding hydrogens is 509 g/mol. The number of carbonyl (C=O) groups excluding carboxylic acids is 1. The van der Waals surface area contributed by atoms with Crippen molar-refractivity contribution < 1.29 is 23.1 Å². The highest BCUT2D eigenvalue weighted by molar-refractivity contribution is 7.90. The maximum Gasteiger partial charge on any atom is 0.304 e. The second-order valence-corrected chi connectivity index (χ2v) is 13.3. The number of sulfone groups is 1. The lowest BCUT2D eigenvalue weighted by molar-refractivity contribution is -0.160. The molecular formula is C26H29Cl2NO5S. The van der Waals surface area contributed by atoms with Gasteiger partial charge in [-0.15, -0.1) is 0 Å². The van der Waals surface area contributed by atoms with E-state index < -0.39 is 33.3 Å². The van der Waals surface area contributed by atoms with E-state index in [1.807, 2.05) is 30.3 Å². The maximum absolute atomic E-state index is 14.2. The summed E-state index contributed by atoms with van der Waals surface area (Å²) in [5, 5.41) is 10.8. The number of piperidine rings is 1. The molecule has 0 unspecified atom stereocenters. The SMILES string of the molecule is C[C@@]1(CC(=O)O)C[C@H](c2cccc(Cl)c2)[C@@H](c2ccc(Cl)cc2)N([C@H](CS(C)(=O)=O)C2CC2)C1=O. The molecule has 6 nitrogen and oxygen atoms in total. The minimum absolute atomic E-state index is 0.0515. The Bertz CT molecular complexity index is 1230. The number of benzene rings is 2. The number of carbonyl (C=O) groups is 2. The summed E-state index contributed by atoms with van der Waals surface area (Å²) in [4.78, 5) is 27.7. The quantitative estimate of drug-likeness (QED) is 0.489. The van der Waals surface area contributed by atoms with Crippen molar-refractivity contribution in [2.24, 2.45) is 11.3 Å². The Morgan fingerprint density at radius 2 is 1.77 bits per heavy atom. The Hall–Kier alpha value is -2.09. The van der Waals surface area contributed by atoms with Gasteiger partial charge < -0.3 is 10.0 Å². The third-order valence-corrected chi connectivity index (χ3v) is 8.56. The van der Waals surface area contributed by atoms with Crippen LogP contribution in [0.3, 0.4) is 0 Å². The van der Waals surface area contributed by atoms with E-state index in [2.05, 4.69) is 0 Å². The molecule has 0 aromatic heterocycles. The second kappa shape index (κ2) is 9.75. The molecule has 35 heavy (non-hydrogen) atoms. The first-order valence-corrected chi connectivity index (χ1v) is 14.4. The second-order valence-electron chi connectivity index (χ2n) is 10.2. The monoisotopic (exact) mass is 537 g/mol. The summed E-state index contributed by atoms with van der Waals surface area (Å²) in [5.74, 6) is -1.80. The first kappa shape index (κ1) is 26.0. The van der Waals surface area contributed by atoms with Gasteiger partial charge in [0.2, 0.25) is 5.91 Å². The van der Waals surface area contributed by atoms with Gasteiger partial charge >= 0.3 is 5.97 Å². The number of rotatable bonds is 8.